The second kappa shape index (κ2) is 42.6. The molecule has 0 bridgehead atoms. The second-order valence-corrected chi connectivity index (χ2v) is 28.9. The van der Waals surface area contributed by atoms with Crippen LogP contribution in [0.25, 0.3) is 10.8 Å². The van der Waals surface area contributed by atoms with Gasteiger partial charge in [-0.1, -0.05) is 147 Å². The van der Waals surface area contributed by atoms with Crippen molar-refractivity contribution in [1.29, 1.82) is 0 Å². The Balaban J connectivity index is 1.08. The van der Waals surface area contributed by atoms with E-state index < -0.39 is 138 Å². The van der Waals surface area contributed by atoms with Crippen molar-refractivity contribution in [3.05, 3.63) is 184 Å². The number of benzene rings is 6. The highest BCUT2D eigenvalue weighted by Gasteiger charge is 2.41. The zero-order valence-electron chi connectivity index (χ0n) is 63.1. The average Bonchev–Trinajstić information content (AvgIpc) is 1.59. The van der Waals surface area contributed by atoms with Crippen LogP contribution in [0.3, 0.4) is 0 Å². The predicted octanol–water partition coefficient (Wildman–Crippen LogP) is 1.70. The molecule has 0 aromatic heterocycles. The number of carbonyl (C=O) groups is 13. The van der Waals surface area contributed by atoms with Gasteiger partial charge in [0.1, 0.15) is 60.4 Å². The number of nitrogens with zero attached hydrogens (tertiary/aromatic N) is 2. The Labute approximate surface area is 654 Å². The Hall–Kier alpha value is -11.5. The number of halogens is 1. The molecule has 18 N–H and O–H groups in total. The molecule has 0 aliphatic carbocycles. The lowest BCUT2D eigenvalue weighted by Gasteiger charge is -2.31. The Morgan fingerprint density at radius 2 is 0.938 bits per heavy atom. The number of aliphatic hydroxyl groups excluding tert-OH is 1. The second-order valence-electron chi connectivity index (χ2n) is 28.5. The van der Waals surface area contributed by atoms with E-state index in [0.717, 1.165) is 16.3 Å². The fourth-order valence-electron chi connectivity index (χ4n) is 13.2. The lowest BCUT2D eigenvalue weighted by Crippen LogP contribution is -2.62. The number of hydrogen-bond acceptors (Lipinski definition) is 16. The number of nitrogens with two attached hydrogens (primary N) is 3. The van der Waals surface area contributed by atoms with Gasteiger partial charge in [-0.3, -0.25) is 57.6 Å². The Bertz CT molecular complexity index is 4270. The van der Waals surface area contributed by atoms with E-state index in [1.165, 1.54) is 18.7 Å². The standard InChI is InChI=1S/C80H101ClN16O15/c1-47(2)38-61(70(101)88-60(16-10-32-85-79(83)110)78(109)97-33-11-17-68(97)77(108)86-48(3)69(82)100)89-71(102)64(43-53-25-30-59(31-26-53)87-49(4)99)91-73(104)65(41-51-18-20-54(21-19-51)45-96-34-36-112-37-35-96)93-76(107)67(46-98)94-74(105)62(40-50-12-6-5-7-13-50)90-72(103)63(42-52-23-28-58(81)29-24-52)92-75(106)66(95-80(84)111)44-55-22-27-56-14-8-9-15-57(56)39-55/h5-9,12-15,18-31,39,47-48,60-68,98H,10-11,16-17,32-38,40-46H2,1-4H3,(H2,82,100)(H,86,108)(H,87,99)(H,88,101)(H,89,102)(H,90,103)(H,91,104)(H,92,106)(H,93,107)(H,94,105)(H3,83,85,110)(H3,84,95,111)/t48-,60+,61+,62-,63-,64-,65+,66-,67+,68+/m1/s1. The smallest absolute Gasteiger partial charge is 0.312 e. The highest BCUT2D eigenvalue weighted by Crippen LogP contribution is 2.23. The molecule has 112 heavy (non-hydrogen) atoms. The third-order valence-corrected chi connectivity index (χ3v) is 19.4. The number of carbonyl (C=O) groups excluding carboxylic acids is 13. The predicted molar refractivity (Wildman–Crippen MR) is 419 cm³/mol. The zero-order valence-corrected chi connectivity index (χ0v) is 63.9. The number of hydrogen-bond donors (Lipinski definition) is 15. The van der Waals surface area contributed by atoms with Crippen molar-refractivity contribution in [1.82, 2.24) is 63.0 Å². The van der Waals surface area contributed by atoms with Crippen LogP contribution in [-0.4, -0.2) is 198 Å². The molecular weight excluding hydrogens is 1460 g/mol. The number of morpholine rings is 1. The SMILES string of the molecule is CC(=O)Nc1ccc(C[C@@H](NC(=O)[C@H](Cc2ccc(CN3CCOCC3)cc2)NC(=O)[C@H](CO)NC(=O)[C@@H](Cc2ccccc2)NC(=O)[C@@H](Cc2ccc(Cl)cc2)NC(=O)[C@@H](Cc2ccc3ccccc3c2)NC(N)=O)C(=O)N[C@@H](CC(C)C)C(=O)N[C@@H](CCCNC(N)=O)C(=O)N2CCC[C@H]2C(=O)N[C@H](C)C(N)=O)cc1. The largest absolute Gasteiger partial charge is 0.394 e. The van der Waals surface area contributed by atoms with Gasteiger partial charge in [0, 0.05) is 82.5 Å². The third-order valence-electron chi connectivity index (χ3n) is 19.1. The molecule has 32 heteroatoms. The lowest BCUT2D eigenvalue weighted by atomic mass is 9.99. The third kappa shape index (κ3) is 27.2. The Morgan fingerprint density at radius 3 is 1.46 bits per heavy atom. The molecule has 0 unspecified atom stereocenters. The molecule has 2 fully saturated rings. The van der Waals surface area contributed by atoms with Crippen molar-refractivity contribution in [2.75, 3.05) is 51.3 Å². The van der Waals surface area contributed by atoms with E-state index >= 15 is 9.59 Å². The Kier molecular flexibility index (Phi) is 32.7. The van der Waals surface area contributed by atoms with Crippen molar-refractivity contribution in [2.24, 2.45) is 23.1 Å². The maximum Gasteiger partial charge on any atom is 0.312 e. The number of urea groups is 2. The zero-order chi connectivity index (χ0) is 81.0. The minimum atomic E-state index is -1.83. The topological polar surface area (TPSA) is 468 Å². The van der Waals surface area contributed by atoms with Gasteiger partial charge < -0.3 is 90.4 Å². The summed E-state index contributed by atoms with van der Waals surface area (Å²) in [7, 11) is 0. The van der Waals surface area contributed by atoms with Crippen LogP contribution in [-0.2, 0) is 96.1 Å². The molecular formula is C80H101ClN16O15. The van der Waals surface area contributed by atoms with Crippen molar-refractivity contribution in [3.8, 4) is 0 Å². The number of aliphatic hydroxyl groups is 1. The van der Waals surface area contributed by atoms with Gasteiger partial charge in [0.2, 0.25) is 65.0 Å². The summed E-state index contributed by atoms with van der Waals surface area (Å²) in [5.74, 6) is -9.22. The summed E-state index contributed by atoms with van der Waals surface area (Å²) in [4.78, 5) is 185. The minimum absolute atomic E-state index is 0.00580. The van der Waals surface area contributed by atoms with Gasteiger partial charge in [-0.2, -0.15) is 0 Å². The van der Waals surface area contributed by atoms with Crippen LogP contribution in [0.2, 0.25) is 5.02 Å². The molecule has 6 aromatic rings. The van der Waals surface area contributed by atoms with E-state index in [4.69, 9.17) is 33.5 Å². The molecule has 0 saturated carbocycles. The first-order valence-electron chi connectivity index (χ1n) is 37.3. The van der Waals surface area contributed by atoms with Crippen molar-refractivity contribution >= 4 is 105 Å². The summed E-state index contributed by atoms with van der Waals surface area (Å²) < 4.78 is 5.55. The highest BCUT2D eigenvalue weighted by molar-refractivity contribution is 6.30. The van der Waals surface area contributed by atoms with E-state index in [1.807, 2.05) is 48.5 Å². The molecule has 8 rings (SSSR count). The van der Waals surface area contributed by atoms with Gasteiger partial charge in [0.15, 0.2) is 0 Å². The van der Waals surface area contributed by atoms with Gasteiger partial charge in [0.05, 0.1) is 19.8 Å². The van der Waals surface area contributed by atoms with Crippen molar-refractivity contribution in [3.63, 3.8) is 0 Å². The molecule has 6 aromatic carbocycles. The first kappa shape index (κ1) is 86.1. The molecule has 2 heterocycles. The van der Waals surface area contributed by atoms with E-state index in [9.17, 15) is 57.8 Å². The van der Waals surface area contributed by atoms with Gasteiger partial charge in [-0.25, -0.2) is 9.59 Å². The van der Waals surface area contributed by atoms with Gasteiger partial charge in [-0.15, -0.1) is 0 Å². The molecule has 31 nitrogen and oxygen atoms in total. The van der Waals surface area contributed by atoms with Crippen LogP contribution < -0.4 is 75.7 Å². The number of nitrogens with one attached hydrogen (secondary N) is 11. The number of ether oxygens (including phenoxy) is 1. The van der Waals surface area contributed by atoms with Gasteiger partial charge >= 0.3 is 12.1 Å². The molecule has 10 atom stereocenters. The van der Waals surface area contributed by atoms with Gasteiger partial charge in [-0.05, 0) is 113 Å². The van der Waals surface area contributed by atoms with Crippen LogP contribution in [0.4, 0.5) is 15.3 Å². The molecule has 0 radical (unpaired) electrons. The monoisotopic (exact) mass is 1560 g/mol. The highest BCUT2D eigenvalue weighted by atomic mass is 35.5. The Morgan fingerprint density at radius 1 is 0.491 bits per heavy atom. The molecule has 598 valence electrons. The molecule has 0 spiro atoms. The number of amides is 15. The van der Waals surface area contributed by atoms with E-state index in [1.54, 1.807) is 111 Å². The van der Waals surface area contributed by atoms with E-state index in [-0.39, 0.29) is 82.7 Å². The summed E-state index contributed by atoms with van der Waals surface area (Å²) in [5, 5.41) is 42.6. The molecule has 2 aliphatic heterocycles. The molecule has 2 aliphatic rings. The van der Waals surface area contributed by atoms with Crippen LogP contribution >= 0.6 is 11.6 Å². The minimum Gasteiger partial charge on any atom is -0.394 e. The first-order chi connectivity index (χ1) is 53.6. The van der Waals surface area contributed by atoms with Crippen molar-refractivity contribution in [2.45, 2.75) is 159 Å². The molecule has 2 saturated heterocycles. The maximum atomic E-state index is 15.4. The number of anilines is 1. The number of fused-ring (bicyclic) bond motifs is 1. The summed E-state index contributed by atoms with van der Waals surface area (Å²) in [6.07, 6.45) is -0.307. The summed E-state index contributed by atoms with van der Waals surface area (Å²) >= 11 is 6.27. The van der Waals surface area contributed by atoms with Crippen LogP contribution in [0, 0.1) is 5.92 Å². The van der Waals surface area contributed by atoms with Gasteiger partial charge in [0.25, 0.3) is 0 Å². The van der Waals surface area contributed by atoms with Crippen LogP contribution in [0.15, 0.2) is 146 Å². The quantitative estimate of drug-likeness (QED) is 0.0244. The first-order valence-corrected chi connectivity index (χ1v) is 37.7. The van der Waals surface area contributed by atoms with Crippen LogP contribution in [0.5, 0.6) is 0 Å². The fourth-order valence-corrected chi connectivity index (χ4v) is 13.3. The normalized spacial score (nSPS) is 15.9. The average molecular weight is 1560 g/mol. The summed E-state index contributed by atoms with van der Waals surface area (Å²) in [6, 6.07) is 25.6. The number of rotatable bonds is 39. The molecule has 15 amide bonds. The van der Waals surface area contributed by atoms with Crippen LogP contribution in [0.1, 0.15) is 93.2 Å². The summed E-state index contributed by atoms with van der Waals surface area (Å²) in [5.41, 5.74) is 20.4. The summed E-state index contributed by atoms with van der Waals surface area (Å²) in [6.45, 7) is 8.41. The van der Waals surface area contributed by atoms with E-state index in [2.05, 4.69) is 63.4 Å². The maximum absolute atomic E-state index is 15.4. The lowest BCUT2D eigenvalue weighted by molar-refractivity contribution is -0.142. The van der Waals surface area contributed by atoms with Crippen molar-refractivity contribution < 1.29 is 72.2 Å². The fraction of sp³-hybridized carbons (Fsp3) is 0.412. The number of likely N-dealkylation sites (tertiary alicyclic amines) is 1. The van der Waals surface area contributed by atoms with E-state index in [0.29, 0.717) is 77.8 Å². The number of primary amides is 3.